The normalized spacial score (nSPS) is 12.4. The van der Waals surface area contributed by atoms with Gasteiger partial charge in [0.05, 0.1) is 6.04 Å². The van der Waals surface area contributed by atoms with Gasteiger partial charge in [-0.1, -0.05) is 31.2 Å². The van der Waals surface area contributed by atoms with Crippen LogP contribution >= 0.6 is 0 Å². The molecule has 0 heterocycles. The summed E-state index contributed by atoms with van der Waals surface area (Å²) in [4.78, 5) is 0. The average molecular weight is 271 g/mol. The molecule has 0 aromatic heterocycles. The van der Waals surface area contributed by atoms with E-state index in [2.05, 4.69) is 36.5 Å². The van der Waals surface area contributed by atoms with Crippen LogP contribution in [-0.2, 0) is 6.42 Å². The van der Waals surface area contributed by atoms with E-state index in [0.29, 0.717) is 0 Å². The van der Waals surface area contributed by atoms with Crippen molar-refractivity contribution in [3.05, 3.63) is 70.0 Å². The molecule has 0 spiro atoms. The van der Waals surface area contributed by atoms with Crippen LogP contribution in [0.15, 0.2) is 36.4 Å². The summed E-state index contributed by atoms with van der Waals surface area (Å²) in [6.07, 6.45) is 1.04. The second-order valence-corrected chi connectivity index (χ2v) is 5.27. The molecule has 0 aliphatic carbocycles. The number of benzene rings is 2. The fraction of sp³-hybridized carbons (Fsp3) is 0.333. The van der Waals surface area contributed by atoms with Gasteiger partial charge < -0.3 is 5.32 Å². The Labute approximate surface area is 120 Å². The molecular formula is C18H22FN. The molecule has 0 aliphatic rings. The van der Waals surface area contributed by atoms with Gasteiger partial charge in [-0.05, 0) is 67.3 Å². The zero-order valence-electron chi connectivity index (χ0n) is 12.6. The largest absolute Gasteiger partial charge is 0.309 e. The van der Waals surface area contributed by atoms with Crippen molar-refractivity contribution in [2.75, 3.05) is 7.05 Å². The maximum atomic E-state index is 13.5. The first-order valence-corrected chi connectivity index (χ1v) is 7.09. The maximum absolute atomic E-state index is 13.5. The predicted octanol–water partition coefficient (Wildman–Crippen LogP) is 4.31. The number of nitrogens with one attached hydrogen (secondary N) is 1. The van der Waals surface area contributed by atoms with Crippen molar-refractivity contribution in [2.45, 2.75) is 33.2 Å². The van der Waals surface area contributed by atoms with Crippen molar-refractivity contribution in [3.8, 4) is 0 Å². The summed E-state index contributed by atoms with van der Waals surface area (Å²) in [6.45, 7) is 6.09. The number of halogens is 1. The summed E-state index contributed by atoms with van der Waals surface area (Å²) < 4.78 is 13.5. The molecule has 0 amide bonds. The van der Waals surface area contributed by atoms with Crippen LogP contribution in [0.25, 0.3) is 0 Å². The van der Waals surface area contributed by atoms with Crippen LogP contribution in [0.1, 0.15) is 40.8 Å². The Balaban J connectivity index is 2.46. The van der Waals surface area contributed by atoms with Crippen molar-refractivity contribution in [3.63, 3.8) is 0 Å². The fourth-order valence-electron chi connectivity index (χ4n) is 2.80. The van der Waals surface area contributed by atoms with Gasteiger partial charge in [0.1, 0.15) is 5.82 Å². The van der Waals surface area contributed by atoms with Crippen LogP contribution in [0, 0.1) is 19.7 Å². The van der Waals surface area contributed by atoms with E-state index in [0.717, 1.165) is 23.1 Å². The van der Waals surface area contributed by atoms with Gasteiger partial charge in [0, 0.05) is 0 Å². The first-order chi connectivity index (χ1) is 9.56. The first-order valence-electron chi connectivity index (χ1n) is 7.09. The molecule has 106 valence electrons. The summed E-state index contributed by atoms with van der Waals surface area (Å²) in [6, 6.07) is 11.9. The van der Waals surface area contributed by atoms with Gasteiger partial charge in [-0.15, -0.1) is 0 Å². The van der Waals surface area contributed by atoms with Gasteiger partial charge in [-0.2, -0.15) is 0 Å². The Morgan fingerprint density at radius 3 is 2.05 bits per heavy atom. The number of hydrogen-bond donors (Lipinski definition) is 1. The van der Waals surface area contributed by atoms with E-state index in [1.54, 1.807) is 12.1 Å². The molecule has 0 saturated carbocycles. The van der Waals surface area contributed by atoms with Crippen LogP contribution in [-0.4, -0.2) is 7.05 Å². The van der Waals surface area contributed by atoms with Crippen LogP contribution in [0.5, 0.6) is 0 Å². The van der Waals surface area contributed by atoms with Crippen molar-refractivity contribution in [2.24, 2.45) is 0 Å². The molecule has 1 N–H and O–H groups in total. The summed E-state index contributed by atoms with van der Waals surface area (Å²) in [5.41, 5.74) is 5.68. The third kappa shape index (κ3) is 2.91. The highest BCUT2D eigenvalue weighted by atomic mass is 19.1. The average Bonchev–Trinajstić information content (AvgIpc) is 2.43. The molecule has 0 saturated heterocycles. The quantitative estimate of drug-likeness (QED) is 0.873. The molecule has 20 heavy (non-hydrogen) atoms. The summed E-state index contributed by atoms with van der Waals surface area (Å²) in [5, 5.41) is 3.35. The van der Waals surface area contributed by atoms with E-state index in [1.165, 1.54) is 11.1 Å². The molecule has 1 atom stereocenters. The lowest BCUT2D eigenvalue weighted by molar-refractivity contribution is 0.618. The van der Waals surface area contributed by atoms with E-state index in [9.17, 15) is 4.39 Å². The number of rotatable bonds is 4. The molecule has 0 bridgehead atoms. The highest BCUT2D eigenvalue weighted by molar-refractivity contribution is 5.42. The Hall–Kier alpha value is -1.67. The zero-order valence-corrected chi connectivity index (χ0v) is 12.6. The van der Waals surface area contributed by atoms with Crippen LogP contribution in [0.2, 0.25) is 0 Å². The van der Waals surface area contributed by atoms with E-state index >= 15 is 0 Å². The smallest absolute Gasteiger partial charge is 0.123 e. The molecule has 2 heteroatoms. The van der Waals surface area contributed by atoms with Gasteiger partial charge in [0.15, 0.2) is 0 Å². The lowest BCUT2D eigenvalue weighted by Crippen LogP contribution is -2.20. The Kier molecular flexibility index (Phi) is 4.56. The highest BCUT2D eigenvalue weighted by Gasteiger charge is 2.17. The summed E-state index contributed by atoms with van der Waals surface area (Å²) in [7, 11) is 1.95. The molecule has 0 radical (unpaired) electrons. The number of aryl methyl sites for hydroxylation is 3. The van der Waals surface area contributed by atoms with Gasteiger partial charge in [0.25, 0.3) is 0 Å². The van der Waals surface area contributed by atoms with Crippen molar-refractivity contribution in [1.82, 2.24) is 5.32 Å². The number of hydrogen-bond acceptors (Lipinski definition) is 1. The van der Waals surface area contributed by atoms with E-state index in [4.69, 9.17) is 0 Å². The molecule has 0 aliphatic heterocycles. The standard InChI is InChI=1S/C18H22FN/c1-5-14-6-8-15(9-7-14)18(20-4)17-12(2)10-16(19)11-13(17)3/h6-11,18,20H,5H2,1-4H3. The van der Waals surface area contributed by atoms with E-state index in [-0.39, 0.29) is 11.9 Å². The molecule has 0 fully saturated rings. The zero-order chi connectivity index (χ0) is 14.7. The van der Waals surface area contributed by atoms with Gasteiger partial charge in [0.2, 0.25) is 0 Å². The maximum Gasteiger partial charge on any atom is 0.123 e. The third-order valence-electron chi connectivity index (χ3n) is 3.86. The minimum Gasteiger partial charge on any atom is -0.309 e. The monoisotopic (exact) mass is 271 g/mol. The van der Waals surface area contributed by atoms with Gasteiger partial charge in [-0.25, -0.2) is 4.39 Å². The Bertz CT molecular complexity index is 564. The lowest BCUT2D eigenvalue weighted by atomic mass is 9.90. The summed E-state index contributed by atoms with van der Waals surface area (Å²) in [5.74, 6) is -0.167. The molecular weight excluding hydrogens is 249 g/mol. The first kappa shape index (κ1) is 14.7. The van der Waals surface area contributed by atoms with Crippen molar-refractivity contribution < 1.29 is 4.39 Å². The molecule has 1 nitrogen and oxygen atoms in total. The minimum absolute atomic E-state index is 0.0986. The lowest BCUT2D eigenvalue weighted by Gasteiger charge is -2.22. The van der Waals surface area contributed by atoms with Crippen molar-refractivity contribution in [1.29, 1.82) is 0 Å². The van der Waals surface area contributed by atoms with Crippen molar-refractivity contribution >= 4 is 0 Å². The van der Waals surface area contributed by atoms with Crippen LogP contribution in [0.3, 0.4) is 0 Å². The fourth-order valence-corrected chi connectivity index (χ4v) is 2.80. The molecule has 1 unspecified atom stereocenters. The SMILES string of the molecule is CCc1ccc(C(NC)c2c(C)cc(F)cc2C)cc1. The minimum atomic E-state index is -0.167. The second-order valence-electron chi connectivity index (χ2n) is 5.27. The molecule has 2 aromatic carbocycles. The highest BCUT2D eigenvalue weighted by Crippen LogP contribution is 2.28. The topological polar surface area (TPSA) is 12.0 Å². The molecule has 2 aromatic rings. The van der Waals surface area contributed by atoms with E-state index < -0.39 is 0 Å². The van der Waals surface area contributed by atoms with Gasteiger partial charge >= 0.3 is 0 Å². The van der Waals surface area contributed by atoms with Gasteiger partial charge in [-0.3, -0.25) is 0 Å². The Morgan fingerprint density at radius 1 is 1.05 bits per heavy atom. The predicted molar refractivity (Wildman–Crippen MR) is 82.6 cm³/mol. The second kappa shape index (κ2) is 6.19. The van der Waals surface area contributed by atoms with E-state index in [1.807, 2.05) is 20.9 Å². The molecule has 2 rings (SSSR count). The third-order valence-corrected chi connectivity index (χ3v) is 3.86. The Morgan fingerprint density at radius 2 is 1.60 bits per heavy atom. The summed E-state index contributed by atoms with van der Waals surface area (Å²) >= 11 is 0. The van der Waals surface area contributed by atoms with Crippen LogP contribution in [0.4, 0.5) is 4.39 Å². The van der Waals surface area contributed by atoms with Crippen LogP contribution < -0.4 is 5.32 Å².